The molecule has 8 heteroatoms. The molecule has 0 amide bonds. The number of rotatable bonds is 9. The van der Waals surface area contributed by atoms with Gasteiger partial charge in [0, 0.05) is 24.4 Å². The van der Waals surface area contributed by atoms with Gasteiger partial charge in [-0.15, -0.1) is 5.10 Å². The molecule has 2 N–H and O–H groups in total. The van der Waals surface area contributed by atoms with Gasteiger partial charge in [-0.2, -0.15) is 10.1 Å². The number of nitrogens with zero attached hydrogens (tertiary/aromatic N) is 3. The molecule has 0 aliphatic rings. The molecule has 8 nitrogen and oxygen atoms in total. The van der Waals surface area contributed by atoms with Crippen LogP contribution in [0.4, 0.5) is 17.5 Å². The molecule has 130 valence electrons. The zero-order chi connectivity index (χ0) is 17.4. The highest BCUT2D eigenvalue weighted by Gasteiger charge is 2.14. The van der Waals surface area contributed by atoms with Crippen molar-refractivity contribution in [2.45, 2.75) is 19.8 Å². The van der Waals surface area contributed by atoms with Crippen LogP contribution in [0.3, 0.4) is 0 Å². The van der Waals surface area contributed by atoms with Crippen molar-refractivity contribution < 1.29 is 14.2 Å². The topological polar surface area (TPSA) is 90.4 Å². The smallest absolute Gasteiger partial charge is 0.249 e. The Bertz CT molecular complexity index is 641. The average molecular weight is 333 g/mol. The van der Waals surface area contributed by atoms with Gasteiger partial charge in [-0.1, -0.05) is 13.3 Å². The van der Waals surface area contributed by atoms with E-state index in [9.17, 15) is 0 Å². The normalized spacial score (nSPS) is 10.2. The highest BCUT2D eigenvalue weighted by molar-refractivity contribution is 5.65. The van der Waals surface area contributed by atoms with Crippen LogP contribution in [-0.4, -0.2) is 43.1 Å². The Morgan fingerprint density at radius 2 is 1.75 bits per heavy atom. The van der Waals surface area contributed by atoms with E-state index in [1.807, 2.05) is 0 Å². The van der Waals surface area contributed by atoms with Crippen molar-refractivity contribution >= 4 is 17.5 Å². The third kappa shape index (κ3) is 4.37. The van der Waals surface area contributed by atoms with E-state index < -0.39 is 0 Å². The van der Waals surface area contributed by atoms with Gasteiger partial charge >= 0.3 is 0 Å². The fraction of sp³-hybridized carbons (Fsp3) is 0.438. The lowest BCUT2D eigenvalue weighted by molar-refractivity contribution is 0.324. The summed E-state index contributed by atoms with van der Waals surface area (Å²) in [6, 6.07) is 3.56. The zero-order valence-corrected chi connectivity index (χ0v) is 14.4. The van der Waals surface area contributed by atoms with Crippen LogP contribution in [0, 0.1) is 0 Å². The van der Waals surface area contributed by atoms with Gasteiger partial charge < -0.3 is 24.8 Å². The summed E-state index contributed by atoms with van der Waals surface area (Å²) in [4.78, 5) is 4.38. The maximum absolute atomic E-state index is 5.33. The lowest BCUT2D eigenvalue weighted by Crippen LogP contribution is -2.07. The average Bonchev–Trinajstić information content (AvgIpc) is 2.61. The molecule has 0 aliphatic heterocycles. The molecule has 24 heavy (non-hydrogen) atoms. The van der Waals surface area contributed by atoms with Crippen LogP contribution in [-0.2, 0) is 0 Å². The summed E-state index contributed by atoms with van der Waals surface area (Å²) >= 11 is 0. The molecular formula is C16H23N5O3. The number of anilines is 3. The van der Waals surface area contributed by atoms with Gasteiger partial charge in [0.1, 0.15) is 0 Å². The molecule has 0 saturated heterocycles. The lowest BCUT2D eigenvalue weighted by Gasteiger charge is -2.14. The molecular weight excluding hydrogens is 310 g/mol. The standard InChI is InChI=1S/C16H23N5O3/c1-5-6-7-17-14-10-18-21-16(20-14)19-11-8-12(22-2)15(24-4)13(9-11)23-3/h8-10H,5-7H2,1-4H3,(H2,17,19,20,21). The SMILES string of the molecule is CCCCNc1cnnc(Nc2cc(OC)c(OC)c(OC)c2)n1. The van der Waals surface area contributed by atoms with E-state index in [0.29, 0.717) is 34.7 Å². The van der Waals surface area contributed by atoms with Crippen LogP contribution in [0.1, 0.15) is 19.8 Å². The quantitative estimate of drug-likeness (QED) is 0.677. The predicted octanol–water partition coefficient (Wildman–Crippen LogP) is 2.85. The van der Waals surface area contributed by atoms with Crippen LogP contribution in [0.5, 0.6) is 17.2 Å². The number of unbranched alkanes of at least 4 members (excludes halogenated alkanes) is 1. The summed E-state index contributed by atoms with van der Waals surface area (Å²) in [5, 5.41) is 14.3. The second-order valence-electron chi connectivity index (χ2n) is 4.98. The highest BCUT2D eigenvalue weighted by atomic mass is 16.5. The predicted molar refractivity (Wildman–Crippen MR) is 92.6 cm³/mol. The Labute approximate surface area is 141 Å². The van der Waals surface area contributed by atoms with Gasteiger partial charge in [0.15, 0.2) is 17.3 Å². The molecule has 0 bridgehead atoms. The second kappa shape index (κ2) is 8.76. The van der Waals surface area contributed by atoms with Gasteiger partial charge in [-0.3, -0.25) is 0 Å². The molecule has 2 rings (SSSR count). The van der Waals surface area contributed by atoms with Crippen molar-refractivity contribution in [2.24, 2.45) is 0 Å². The van der Waals surface area contributed by atoms with Crippen molar-refractivity contribution in [3.05, 3.63) is 18.3 Å². The minimum atomic E-state index is 0.380. The first-order valence-electron chi connectivity index (χ1n) is 7.72. The number of ether oxygens (including phenoxy) is 3. The van der Waals surface area contributed by atoms with Crippen LogP contribution in [0.2, 0.25) is 0 Å². The number of hydrogen-bond donors (Lipinski definition) is 2. The number of aromatic nitrogens is 3. The first-order chi connectivity index (χ1) is 11.7. The number of benzene rings is 1. The monoisotopic (exact) mass is 333 g/mol. The van der Waals surface area contributed by atoms with Gasteiger partial charge in [-0.25, -0.2) is 0 Å². The van der Waals surface area contributed by atoms with E-state index in [2.05, 4.69) is 32.7 Å². The van der Waals surface area contributed by atoms with Gasteiger partial charge in [0.05, 0.1) is 27.5 Å². The second-order valence-corrected chi connectivity index (χ2v) is 4.98. The Morgan fingerprint density at radius 1 is 1.04 bits per heavy atom. The zero-order valence-electron chi connectivity index (χ0n) is 14.4. The van der Waals surface area contributed by atoms with Crippen LogP contribution in [0.25, 0.3) is 0 Å². The molecule has 0 unspecified atom stereocenters. The van der Waals surface area contributed by atoms with E-state index in [1.54, 1.807) is 39.7 Å². The molecule has 0 radical (unpaired) electrons. The minimum Gasteiger partial charge on any atom is -0.493 e. The van der Waals surface area contributed by atoms with Crippen molar-refractivity contribution in [1.29, 1.82) is 0 Å². The lowest BCUT2D eigenvalue weighted by atomic mass is 10.2. The fourth-order valence-electron chi connectivity index (χ4n) is 2.12. The molecule has 0 saturated carbocycles. The minimum absolute atomic E-state index is 0.380. The van der Waals surface area contributed by atoms with E-state index >= 15 is 0 Å². The van der Waals surface area contributed by atoms with E-state index in [0.717, 1.165) is 19.4 Å². The van der Waals surface area contributed by atoms with Crippen molar-refractivity contribution in [3.8, 4) is 17.2 Å². The van der Waals surface area contributed by atoms with E-state index in [1.165, 1.54) is 0 Å². The first kappa shape index (κ1) is 17.6. The van der Waals surface area contributed by atoms with Crippen molar-refractivity contribution in [3.63, 3.8) is 0 Å². The van der Waals surface area contributed by atoms with Gasteiger partial charge in [0.2, 0.25) is 11.7 Å². The van der Waals surface area contributed by atoms with E-state index in [-0.39, 0.29) is 0 Å². The Balaban J connectivity index is 2.20. The number of hydrogen-bond acceptors (Lipinski definition) is 8. The highest BCUT2D eigenvalue weighted by Crippen LogP contribution is 2.40. The Morgan fingerprint density at radius 3 is 2.33 bits per heavy atom. The Hall–Kier alpha value is -2.77. The third-order valence-electron chi connectivity index (χ3n) is 3.32. The van der Waals surface area contributed by atoms with Crippen LogP contribution in [0.15, 0.2) is 18.3 Å². The summed E-state index contributed by atoms with van der Waals surface area (Å²) < 4.78 is 16.0. The number of nitrogens with one attached hydrogen (secondary N) is 2. The third-order valence-corrected chi connectivity index (χ3v) is 3.32. The maximum Gasteiger partial charge on any atom is 0.249 e. The molecule has 0 aliphatic carbocycles. The molecule has 1 aromatic heterocycles. The molecule has 0 spiro atoms. The molecule has 0 atom stereocenters. The summed E-state index contributed by atoms with van der Waals surface area (Å²) in [6.45, 7) is 2.98. The molecule has 1 heterocycles. The summed E-state index contributed by atoms with van der Waals surface area (Å²) in [7, 11) is 4.70. The molecule has 1 aromatic carbocycles. The van der Waals surface area contributed by atoms with Crippen molar-refractivity contribution in [1.82, 2.24) is 15.2 Å². The Kier molecular flexibility index (Phi) is 6.41. The number of methoxy groups -OCH3 is 3. The first-order valence-corrected chi connectivity index (χ1v) is 7.72. The summed E-state index contributed by atoms with van der Waals surface area (Å²) in [5.74, 6) is 2.67. The van der Waals surface area contributed by atoms with Crippen molar-refractivity contribution in [2.75, 3.05) is 38.5 Å². The fourth-order valence-corrected chi connectivity index (χ4v) is 2.12. The molecule has 0 fully saturated rings. The van der Waals surface area contributed by atoms with Gasteiger partial charge in [0.25, 0.3) is 0 Å². The summed E-state index contributed by atoms with van der Waals surface area (Å²) in [6.07, 6.45) is 3.78. The maximum atomic E-state index is 5.33. The van der Waals surface area contributed by atoms with Crippen LogP contribution >= 0.6 is 0 Å². The van der Waals surface area contributed by atoms with Crippen LogP contribution < -0.4 is 24.8 Å². The van der Waals surface area contributed by atoms with Gasteiger partial charge in [-0.05, 0) is 6.42 Å². The molecule has 2 aromatic rings. The summed E-state index contributed by atoms with van der Waals surface area (Å²) in [5.41, 5.74) is 0.706. The largest absolute Gasteiger partial charge is 0.493 e. The van der Waals surface area contributed by atoms with E-state index in [4.69, 9.17) is 14.2 Å².